The van der Waals surface area contributed by atoms with E-state index < -0.39 is 0 Å². The molecule has 2 fully saturated rings. The minimum absolute atomic E-state index is 0.0581. The van der Waals surface area contributed by atoms with Crippen molar-refractivity contribution >= 4 is 17.5 Å². The van der Waals surface area contributed by atoms with Crippen molar-refractivity contribution in [3.8, 4) is 0 Å². The van der Waals surface area contributed by atoms with Crippen molar-refractivity contribution in [3.63, 3.8) is 0 Å². The molecule has 3 N–H and O–H groups in total. The maximum atomic E-state index is 12.1. The van der Waals surface area contributed by atoms with Crippen molar-refractivity contribution < 1.29 is 9.59 Å². The minimum atomic E-state index is -0.0915. The topological polar surface area (TPSA) is 70.2 Å². The van der Waals surface area contributed by atoms with E-state index in [2.05, 4.69) is 16.0 Å². The van der Waals surface area contributed by atoms with E-state index in [9.17, 15) is 9.59 Å². The molecule has 0 radical (unpaired) electrons. The summed E-state index contributed by atoms with van der Waals surface area (Å²) in [5.41, 5.74) is 1.28. The first-order chi connectivity index (χ1) is 10.2. The van der Waals surface area contributed by atoms with Gasteiger partial charge in [0.2, 0.25) is 5.91 Å². The predicted octanol–water partition coefficient (Wildman–Crippen LogP) is 1.52. The zero-order valence-corrected chi connectivity index (χ0v) is 12.0. The average Bonchev–Trinajstić information content (AvgIpc) is 3.22. The van der Waals surface area contributed by atoms with Gasteiger partial charge < -0.3 is 16.0 Å². The van der Waals surface area contributed by atoms with Crippen LogP contribution >= 0.6 is 0 Å². The van der Waals surface area contributed by atoms with Crippen LogP contribution in [0.15, 0.2) is 24.3 Å². The Kier molecular flexibility index (Phi) is 4.20. The van der Waals surface area contributed by atoms with E-state index in [1.54, 1.807) is 18.2 Å². The molecule has 0 spiro atoms. The molecule has 1 saturated heterocycles. The molecule has 2 aliphatic rings. The summed E-state index contributed by atoms with van der Waals surface area (Å²) in [5, 5.41) is 9.16. The van der Waals surface area contributed by atoms with Gasteiger partial charge in [-0.05, 0) is 50.4 Å². The number of rotatable bonds is 5. The van der Waals surface area contributed by atoms with Gasteiger partial charge in [0.1, 0.15) is 0 Å². The molecular weight excluding hydrogens is 266 g/mol. The van der Waals surface area contributed by atoms with Gasteiger partial charge in [0, 0.05) is 29.8 Å². The molecule has 1 aromatic rings. The lowest BCUT2D eigenvalue weighted by Gasteiger charge is -2.12. The molecule has 1 aliphatic carbocycles. The number of hydrogen-bond donors (Lipinski definition) is 3. The maximum Gasteiger partial charge on any atom is 0.251 e. The Labute approximate surface area is 124 Å². The number of hydrogen-bond acceptors (Lipinski definition) is 3. The minimum Gasteiger partial charge on any atom is -0.350 e. The summed E-state index contributed by atoms with van der Waals surface area (Å²) in [6.07, 6.45) is 4.22. The van der Waals surface area contributed by atoms with E-state index in [0.29, 0.717) is 23.8 Å². The Morgan fingerprint density at radius 1 is 1.24 bits per heavy atom. The fraction of sp³-hybridized carbons (Fsp3) is 0.500. The first-order valence-corrected chi connectivity index (χ1v) is 7.65. The summed E-state index contributed by atoms with van der Waals surface area (Å²) in [6, 6.07) is 7.50. The van der Waals surface area contributed by atoms with Crippen LogP contribution in [-0.4, -0.2) is 30.9 Å². The number of nitrogens with one attached hydrogen (secondary N) is 3. The summed E-state index contributed by atoms with van der Waals surface area (Å²) >= 11 is 0. The highest BCUT2D eigenvalue weighted by Crippen LogP contribution is 2.30. The third-order valence-corrected chi connectivity index (χ3v) is 4.01. The highest BCUT2D eigenvalue weighted by molar-refractivity contribution is 5.98. The SMILES string of the molecule is O=C(NCC1CCCN1)c1cccc(NC(=O)C2CC2)c1. The zero-order valence-electron chi connectivity index (χ0n) is 12.0. The van der Waals surface area contributed by atoms with Crippen molar-refractivity contribution in [1.82, 2.24) is 10.6 Å². The highest BCUT2D eigenvalue weighted by atomic mass is 16.2. The van der Waals surface area contributed by atoms with E-state index in [1.165, 1.54) is 6.42 Å². The first-order valence-electron chi connectivity index (χ1n) is 7.65. The van der Waals surface area contributed by atoms with Crippen molar-refractivity contribution in [2.45, 2.75) is 31.7 Å². The standard InChI is InChI=1S/C16H21N3O2/c20-15(18-10-14-5-2-8-17-14)12-3-1-4-13(9-12)19-16(21)11-6-7-11/h1,3-4,9,11,14,17H,2,5-8,10H2,(H,18,20)(H,19,21). The van der Waals surface area contributed by atoms with Gasteiger partial charge in [0.25, 0.3) is 5.91 Å². The van der Waals surface area contributed by atoms with Gasteiger partial charge in [-0.1, -0.05) is 6.07 Å². The van der Waals surface area contributed by atoms with Crippen LogP contribution in [0.5, 0.6) is 0 Å². The molecule has 1 heterocycles. The Bertz CT molecular complexity index is 534. The molecule has 112 valence electrons. The lowest BCUT2D eigenvalue weighted by atomic mass is 10.1. The smallest absolute Gasteiger partial charge is 0.251 e. The van der Waals surface area contributed by atoms with Gasteiger partial charge in [0.15, 0.2) is 0 Å². The molecule has 1 aromatic carbocycles. The van der Waals surface area contributed by atoms with Crippen LogP contribution in [0.2, 0.25) is 0 Å². The number of amides is 2. The second kappa shape index (κ2) is 6.26. The zero-order chi connectivity index (χ0) is 14.7. The molecule has 1 aliphatic heterocycles. The number of benzene rings is 1. The highest BCUT2D eigenvalue weighted by Gasteiger charge is 2.29. The Morgan fingerprint density at radius 2 is 2.10 bits per heavy atom. The fourth-order valence-electron chi connectivity index (χ4n) is 2.58. The monoisotopic (exact) mass is 287 g/mol. The van der Waals surface area contributed by atoms with E-state index in [0.717, 1.165) is 25.8 Å². The summed E-state index contributed by atoms with van der Waals surface area (Å²) < 4.78 is 0. The van der Waals surface area contributed by atoms with E-state index in [-0.39, 0.29) is 17.7 Å². The average molecular weight is 287 g/mol. The Hall–Kier alpha value is -1.88. The quantitative estimate of drug-likeness (QED) is 0.769. The maximum absolute atomic E-state index is 12.1. The molecular formula is C16H21N3O2. The molecule has 2 amide bonds. The van der Waals surface area contributed by atoms with Gasteiger partial charge >= 0.3 is 0 Å². The first kappa shape index (κ1) is 14.1. The van der Waals surface area contributed by atoms with Crippen LogP contribution in [-0.2, 0) is 4.79 Å². The largest absolute Gasteiger partial charge is 0.350 e. The van der Waals surface area contributed by atoms with Crippen LogP contribution in [0.3, 0.4) is 0 Å². The Balaban J connectivity index is 1.56. The van der Waals surface area contributed by atoms with Crippen LogP contribution in [0, 0.1) is 5.92 Å². The summed E-state index contributed by atoms with van der Waals surface area (Å²) in [5.74, 6) is 0.129. The number of carbonyl (C=O) groups excluding carboxylic acids is 2. The van der Waals surface area contributed by atoms with Crippen LogP contribution < -0.4 is 16.0 Å². The van der Waals surface area contributed by atoms with Crippen LogP contribution in [0.1, 0.15) is 36.0 Å². The Morgan fingerprint density at radius 3 is 2.81 bits per heavy atom. The third-order valence-electron chi connectivity index (χ3n) is 4.01. The molecule has 1 atom stereocenters. The summed E-state index contributed by atoms with van der Waals surface area (Å²) in [6.45, 7) is 1.68. The van der Waals surface area contributed by atoms with Gasteiger partial charge in [-0.2, -0.15) is 0 Å². The van der Waals surface area contributed by atoms with Crippen LogP contribution in [0.4, 0.5) is 5.69 Å². The van der Waals surface area contributed by atoms with E-state index >= 15 is 0 Å². The normalized spacial score (nSPS) is 21.0. The third kappa shape index (κ3) is 3.82. The van der Waals surface area contributed by atoms with E-state index in [4.69, 9.17) is 0 Å². The second-order valence-corrected chi connectivity index (χ2v) is 5.85. The number of carbonyl (C=O) groups is 2. The second-order valence-electron chi connectivity index (χ2n) is 5.85. The van der Waals surface area contributed by atoms with Gasteiger partial charge in [0.05, 0.1) is 0 Å². The van der Waals surface area contributed by atoms with Crippen molar-refractivity contribution in [2.24, 2.45) is 5.92 Å². The number of anilines is 1. The lowest BCUT2D eigenvalue weighted by molar-refractivity contribution is -0.117. The van der Waals surface area contributed by atoms with Crippen molar-refractivity contribution in [2.75, 3.05) is 18.4 Å². The van der Waals surface area contributed by atoms with Crippen molar-refractivity contribution in [3.05, 3.63) is 29.8 Å². The molecule has 21 heavy (non-hydrogen) atoms. The van der Waals surface area contributed by atoms with Gasteiger partial charge in [-0.25, -0.2) is 0 Å². The van der Waals surface area contributed by atoms with Crippen molar-refractivity contribution in [1.29, 1.82) is 0 Å². The molecule has 0 aromatic heterocycles. The van der Waals surface area contributed by atoms with Gasteiger partial charge in [-0.3, -0.25) is 9.59 Å². The summed E-state index contributed by atoms with van der Waals surface area (Å²) in [7, 11) is 0. The molecule has 1 unspecified atom stereocenters. The molecule has 5 heteroatoms. The fourth-order valence-corrected chi connectivity index (χ4v) is 2.58. The lowest BCUT2D eigenvalue weighted by Crippen LogP contribution is -2.37. The molecule has 0 bridgehead atoms. The molecule has 1 saturated carbocycles. The van der Waals surface area contributed by atoms with E-state index in [1.807, 2.05) is 6.07 Å². The molecule has 5 nitrogen and oxygen atoms in total. The van der Waals surface area contributed by atoms with Crippen LogP contribution in [0.25, 0.3) is 0 Å². The molecule has 3 rings (SSSR count). The predicted molar refractivity (Wildman–Crippen MR) is 81.2 cm³/mol. The summed E-state index contributed by atoms with van der Waals surface area (Å²) in [4.78, 5) is 23.9. The van der Waals surface area contributed by atoms with Gasteiger partial charge in [-0.15, -0.1) is 0 Å².